The first-order valence-electron chi connectivity index (χ1n) is 6.65. The van der Waals surface area contributed by atoms with Crippen LogP contribution in [0.2, 0.25) is 0 Å². The first kappa shape index (κ1) is 15.6. The van der Waals surface area contributed by atoms with Gasteiger partial charge < -0.3 is 20.1 Å². The maximum absolute atomic E-state index is 12.2. The topological polar surface area (TPSA) is 104 Å². The second-order valence-electron chi connectivity index (χ2n) is 4.91. The fraction of sp³-hybridized carbons (Fsp3) is 0.267. The van der Waals surface area contributed by atoms with Crippen molar-refractivity contribution in [3.63, 3.8) is 0 Å². The number of carbonyl (C=O) groups is 2. The number of nitrogens with one attached hydrogen (secondary N) is 2. The van der Waals surface area contributed by atoms with Crippen LogP contribution in [0.1, 0.15) is 45.2 Å². The zero-order valence-electron chi connectivity index (χ0n) is 12.5. The Hall–Kier alpha value is -2.83. The Morgan fingerprint density at radius 3 is 2.59 bits per heavy atom. The van der Waals surface area contributed by atoms with Gasteiger partial charge in [-0.15, -0.1) is 0 Å². The predicted molar refractivity (Wildman–Crippen MR) is 78.7 cm³/mol. The average molecular weight is 303 g/mol. The van der Waals surface area contributed by atoms with E-state index in [1.165, 1.54) is 25.3 Å². The van der Waals surface area contributed by atoms with Crippen LogP contribution in [0.25, 0.3) is 0 Å². The molecule has 2 rings (SSSR count). The fourth-order valence-electron chi connectivity index (χ4n) is 1.98. The van der Waals surface area contributed by atoms with Crippen molar-refractivity contribution in [2.24, 2.45) is 0 Å². The van der Waals surface area contributed by atoms with Gasteiger partial charge in [0.05, 0.1) is 18.7 Å². The van der Waals surface area contributed by atoms with Gasteiger partial charge in [0.1, 0.15) is 11.6 Å². The van der Waals surface area contributed by atoms with Gasteiger partial charge in [0.15, 0.2) is 0 Å². The van der Waals surface area contributed by atoms with Crippen molar-refractivity contribution in [3.8, 4) is 5.75 Å². The third-order valence-corrected chi connectivity index (χ3v) is 3.08. The molecule has 7 nitrogen and oxygen atoms in total. The van der Waals surface area contributed by atoms with E-state index in [1.54, 1.807) is 13.1 Å². The highest BCUT2D eigenvalue weighted by Gasteiger charge is 2.17. The molecule has 0 saturated carbocycles. The van der Waals surface area contributed by atoms with E-state index in [4.69, 9.17) is 0 Å². The third kappa shape index (κ3) is 3.43. The molecule has 7 heteroatoms. The lowest BCUT2D eigenvalue weighted by Crippen LogP contribution is -2.27. The number of aryl methyl sites for hydroxylation is 1. The van der Waals surface area contributed by atoms with Crippen molar-refractivity contribution in [1.29, 1.82) is 0 Å². The number of H-pyrrole nitrogens is 1. The summed E-state index contributed by atoms with van der Waals surface area (Å²) < 4.78 is 4.58. The SMILES string of the molecule is COC(=O)c1cc(O)cc(C(=O)N[C@H](C)c2ncc(C)[nH]2)c1. The Balaban J connectivity index is 2.18. The molecule has 0 bridgehead atoms. The molecule has 116 valence electrons. The molecule has 1 amide bonds. The summed E-state index contributed by atoms with van der Waals surface area (Å²) in [6.45, 7) is 3.64. The number of phenols is 1. The van der Waals surface area contributed by atoms with Crippen LogP contribution in [0.5, 0.6) is 5.75 Å². The summed E-state index contributed by atoms with van der Waals surface area (Å²) in [6, 6.07) is 3.54. The number of hydrogen-bond donors (Lipinski definition) is 3. The standard InChI is InChI=1S/C15H17N3O4/c1-8-7-16-13(17-8)9(2)18-14(20)10-4-11(15(21)22-3)6-12(19)5-10/h4-7,9,19H,1-3H3,(H,16,17)(H,18,20)/t9-/m1/s1. The highest BCUT2D eigenvalue weighted by molar-refractivity contribution is 5.98. The van der Waals surface area contributed by atoms with Crippen molar-refractivity contribution in [1.82, 2.24) is 15.3 Å². The van der Waals surface area contributed by atoms with E-state index in [-0.39, 0.29) is 22.9 Å². The molecule has 1 aromatic carbocycles. The molecule has 0 radical (unpaired) electrons. The van der Waals surface area contributed by atoms with Gasteiger partial charge >= 0.3 is 5.97 Å². The minimum absolute atomic E-state index is 0.106. The summed E-state index contributed by atoms with van der Waals surface area (Å²) in [5.41, 5.74) is 1.16. The summed E-state index contributed by atoms with van der Waals surface area (Å²) in [5.74, 6) is -0.615. The predicted octanol–water partition coefficient (Wildman–Crippen LogP) is 1.70. The smallest absolute Gasteiger partial charge is 0.338 e. The van der Waals surface area contributed by atoms with Crippen LogP contribution in [0.4, 0.5) is 0 Å². The number of benzene rings is 1. The number of rotatable bonds is 4. The van der Waals surface area contributed by atoms with E-state index in [9.17, 15) is 14.7 Å². The Morgan fingerprint density at radius 1 is 1.32 bits per heavy atom. The van der Waals surface area contributed by atoms with E-state index < -0.39 is 11.9 Å². The molecule has 0 aliphatic carbocycles. The molecule has 22 heavy (non-hydrogen) atoms. The molecule has 3 N–H and O–H groups in total. The maximum Gasteiger partial charge on any atom is 0.338 e. The normalized spacial score (nSPS) is 11.8. The molecular formula is C15H17N3O4. The quantitative estimate of drug-likeness (QED) is 0.746. The summed E-state index contributed by atoms with van der Waals surface area (Å²) in [5, 5.41) is 12.4. The minimum Gasteiger partial charge on any atom is -0.508 e. The van der Waals surface area contributed by atoms with Gasteiger partial charge in [-0.1, -0.05) is 0 Å². The first-order valence-corrected chi connectivity index (χ1v) is 6.65. The van der Waals surface area contributed by atoms with Gasteiger partial charge in [-0.25, -0.2) is 9.78 Å². The van der Waals surface area contributed by atoms with Crippen LogP contribution in [0.3, 0.4) is 0 Å². The van der Waals surface area contributed by atoms with Crippen LogP contribution in [0, 0.1) is 6.92 Å². The maximum atomic E-state index is 12.2. The molecule has 0 saturated heterocycles. The number of hydrogen-bond acceptors (Lipinski definition) is 5. The lowest BCUT2D eigenvalue weighted by Gasteiger charge is -2.12. The van der Waals surface area contributed by atoms with Crippen molar-refractivity contribution in [2.45, 2.75) is 19.9 Å². The number of ether oxygens (including phenoxy) is 1. The largest absolute Gasteiger partial charge is 0.508 e. The number of methoxy groups -OCH3 is 1. The lowest BCUT2D eigenvalue weighted by atomic mass is 10.1. The summed E-state index contributed by atoms with van der Waals surface area (Å²) in [7, 11) is 1.23. The van der Waals surface area contributed by atoms with Gasteiger partial charge in [0.2, 0.25) is 0 Å². The fourth-order valence-corrected chi connectivity index (χ4v) is 1.98. The van der Waals surface area contributed by atoms with Gasteiger partial charge in [-0.2, -0.15) is 0 Å². The number of aromatic hydroxyl groups is 1. The minimum atomic E-state index is -0.625. The lowest BCUT2D eigenvalue weighted by molar-refractivity contribution is 0.0600. The first-order chi connectivity index (χ1) is 10.4. The highest BCUT2D eigenvalue weighted by atomic mass is 16.5. The number of phenolic OH excluding ortho intramolecular Hbond substituents is 1. The van der Waals surface area contributed by atoms with Gasteiger partial charge in [-0.3, -0.25) is 4.79 Å². The molecule has 0 fully saturated rings. The number of esters is 1. The molecular weight excluding hydrogens is 286 g/mol. The summed E-state index contributed by atoms with van der Waals surface area (Å²) in [4.78, 5) is 30.9. The Morgan fingerprint density at radius 2 is 2.00 bits per heavy atom. The molecule has 1 aromatic heterocycles. The molecule has 0 aliphatic rings. The molecule has 0 spiro atoms. The monoisotopic (exact) mass is 303 g/mol. The van der Waals surface area contributed by atoms with Crippen LogP contribution in [0.15, 0.2) is 24.4 Å². The number of carbonyl (C=O) groups excluding carboxylic acids is 2. The van der Waals surface area contributed by atoms with Crippen LogP contribution in [-0.2, 0) is 4.74 Å². The summed E-state index contributed by atoms with van der Waals surface area (Å²) in [6.07, 6.45) is 1.67. The highest BCUT2D eigenvalue weighted by Crippen LogP contribution is 2.18. The van der Waals surface area contributed by atoms with E-state index in [1.807, 2.05) is 6.92 Å². The Bertz CT molecular complexity index is 709. The van der Waals surface area contributed by atoms with Crippen LogP contribution in [-0.4, -0.2) is 34.1 Å². The van der Waals surface area contributed by atoms with Gasteiger partial charge in [0.25, 0.3) is 5.91 Å². The zero-order valence-corrected chi connectivity index (χ0v) is 12.5. The molecule has 0 unspecified atom stereocenters. The Labute approximate surface area is 127 Å². The van der Waals surface area contributed by atoms with Crippen molar-refractivity contribution < 1.29 is 19.4 Å². The summed E-state index contributed by atoms with van der Waals surface area (Å²) >= 11 is 0. The number of nitrogens with zero attached hydrogens (tertiary/aromatic N) is 1. The van der Waals surface area contributed by atoms with Gasteiger partial charge in [-0.05, 0) is 32.0 Å². The Kier molecular flexibility index (Phi) is 4.45. The van der Waals surface area contributed by atoms with Crippen molar-refractivity contribution >= 4 is 11.9 Å². The van der Waals surface area contributed by atoms with Gasteiger partial charge in [0, 0.05) is 17.5 Å². The second-order valence-corrected chi connectivity index (χ2v) is 4.91. The third-order valence-electron chi connectivity index (χ3n) is 3.08. The molecule has 2 aromatic rings. The van der Waals surface area contributed by atoms with Crippen LogP contribution < -0.4 is 5.32 Å². The van der Waals surface area contributed by atoms with E-state index >= 15 is 0 Å². The number of aromatic amines is 1. The average Bonchev–Trinajstić information content (AvgIpc) is 2.92. The molecule has 0 aliphatic heterocycles. The van der Waals surface area contributed by atoms with Crippen LogP contribution >= 0.6 is 0 Å². The number of amides is 1. The zero-order chi connectivity index (χ0) is 16.3. The van der Waals surface area contributed by atoms with E-state index in [2.05, 4.69) is 20.0 Å². The second kappa shape index (κ2) is 6.30. The molecule has 1 heterocycles. The number of imidazole rings is 1. The number of aromatic nitrogens is 2. The van der Waals surface area contributed by atoms with Crippen molar-refractivity contribution in [3.05, 3.63) is 47.0 Å². The van der Waals surface area contributed by atoms with E-state index in [0.29, 0.717) is 5.82 Å². The van der Waals surface area contributed by atoms with Crippen molar-refractivity contribution in [2.75, 3.05) is 7.11 Å². The van der Waals surface area contributed by atoms with E-state index in [0.717, 1.165) is 5.69 Å². The molecule has 1 atom stereocenters.